The number of nitrogens with one attached hydrogen (secondary N) is 3. The number of carbonyl (C=O) groups excluding carboxylic acids is 1. The van der Waals surface area contributed by atoms with Gasteiger partial charge in [-0.05, 0) is 43.2 Å². The lowest BCUT2D eigenvalue weighted by Gasteiger charge is -2.13. The number of amides is 1. The molecule has 3 N–H and O–H groups in total. The lowest BCUT2D eigenvalue weighted by molar-refractivity contribution is -0.113. The SMILES string of the molecule is O=C(CSc1nc2ccccc2[nH]1)Nc1ccc(NC[C@@H]2CCCO2)c(F)c1. The number of aromatic amines is 1. The number of H-pyrrole nitrogens is 1. The number of ether oxygens (including phenoxy) is 1. The Hall–Kier alpha value is -2.58. The van der Waals surface area contributed by atoms with E-state index < -0.39 is 5.82 Å². The third-order valence-corrected chi connectivity index (χ3v) is 5.38. The van der Waals surface area contributed by atoms with Gasteiger partial charge < -0.3 is 20.4 Å². The Labute approximate surface area is 166 Å². The molecule has 1 amide bonds. The predicted molar refractivity (Wildman–Crippen MR) is 109 cm³/mol. The number of hydrogen-bond acceptors (Lipinski definition) is 5. The summed E-state index contributed by atoms with van der Waals surface area (Å²) in [5.41, 5.74) is 2.62. The van der Waals surface area contributed by atoms with E-state index in [4.69, 9.17) is 4.74 Å². The van der Waals surface area contributed by atoms with Crippen LogP contribution in [-0.4, -0.2) is 40.9 Å². The van der Waals surface area contributed by atoms with Gasteiger partial charge in [0.25, 0.3) is 0 Å². The van der Waals surface area contributed by atoms with Crippen LogP contribution in [0.15, 0.2) is 47.6 Å². The zero-order valence-corrected chi connectivity index (χ0v) is 16.0. The van der Waals surface area contributed by atoms with Crippen LogP contribution in [0.4, 0.5) is 15.8 Å². The van der Waals surface area contributed by atoms with E-state index in [1.165, 1.54) is 17.8 Å². The zero-order chi connectivity index (χ0) is 19.3. The molecule has 146 valence electrons. The van der Waals surface area contributed by atoms with E-state index in [9.17, 15) is 9.18 Å². The molecule has 8 heteroatoms. The fourth-order valence-electron chi connectivity index (χ4n) is 3.09. The summed E-state index contributed by atoms with van der Waals surface area (Å²) in [6, 6.07) is 12.3. The number of fused-ring (bicyclic) bond motifs is 1. The molecule has 2 heterocycles. The topological polar surface area (TPSA) is 79.0 Å². The minimum atomic E-state index is -0.402. The maximum Gasteiger partial charge on any atom is 0.234 e. The molecule has 0 spiro atoms. The molecule has 0 radical (unpaired) electrons. The Morgan fingerprint density at radius 2 is 2.21 bits per heavy atom. The monoisotopic (exact) mass is 400 g/mol. The minimum Gasteiger partial charge on any atom is -0.380 e. The number of para-hydroxylation sites is 2. The van der Waals surface area contributed by atoms with E-state index in [2.05, 4.69) is 20.6 Å². The molecule has 4 rings (SSSR count). The molecule has 0 saturated carbocycles. The minimum absolute atomic E-state index is 0.133. The van der Waals surface area contributed by atoms with Gasteiger partial charge in [0.05, 0.1) is 28.6 Å². The van der Waals surface area contributed by atoms with E-state index in [-0.39, 0.29) is 17.8 Å². The average molecular weight is 400 g/mol. The second-order valence-corrected chi connectivity index (χ2v) is 7.57. The number of hydrogen-bond donors (Lipinski definition) is 3. The quantitative estimate of drug-likeness (QED) is 0.522. The summed E-state index contributed by atoms with van der Waals surface area (Å²) in [5.74, 6) is -0.439. The van der Waals surface area contributed by atoms with Crippen LogP contribution in [0.25, 0.3) is 11.0 Å². The van der Waals surface area contributed by atoms with Crippen molar-refractivity contribution in [3.8, 4) is 0 Å². The van der Waals surface area contributed by atoms with Gasteiger partial charge in [-0.25, -0.2) is 9.37 Å². The number of carbonyl (C=O) groups is 1. The molecule has 1 saturated heterocycles. The first-order valence-corrected chi connectivity index (χ1v) is 10.2. The first kappa shape index (κ1) is 18.8. The molecule has 1 atom stereocenters. The van der Waals surface area contributed by atoms with E-state index in [0.29, 0.717) is 23.1 Å². The van der Waals surface area contributed by atoms with Crippen molar-refractivity contribution in [1.82, 2.24) is 9.97 Å². The van der Waals surface area contributed by atoms with Gasteiger partial charge in [-0.2, -0.15) is 0 Å². The number of nitrogens with zero attached hydrogens (tertiary/aromatic N) is 1. The Morgan fingerprint density at radius 1 is 1.32 bits per heavy atom. The summed E-state index contributed by atoms with van der Waals surface area (Å²) >= 11 is 1.30. The third-order valence-electron chi connectivity index (χ3n) is 4.50. The van der Waals surface area contributed by atoms with Crippen LogP contribution >= 0.6 is 11.8 Å². The summed E-state index contributed by atoms with van der Waals surface area (Å²) < 4.78 is 19.8. The second-order valence-electron chi connectivity index (χ2n) is 6.61. The van der Waals surface area contributed by atoms with E-state index in [1.807, 2.05) is 24.3 Å². The maximum atomic E-state index is 14.3. The van der Waals surface area contributed by atoms with Gasteiger partial charge in [0.1, 0.15) is 5.82 Å². The fraction of sp³-hybridized carbons (Fsp3) is 0.300. The van der Waals surface area contributed by atoms with Crippen molar-refractivity contribution < 1.29 is 13.9 Å². The number of rotatable bonds is 7. The van der Waals surface area contributed by atoms with E-state index in [0.717, 1.165) is 30.5 Å². The number of anilines is 2. The van der Waals surface area contributed by atoms with Crippen LogP contribution in [0.3, 0.4) is 0 Å². The molecule has 2 aromatic carbocycles. The number of halogens is 1. The molecule has 6 nitrogen and oxygen atoms in total. The molecule has 1 aromatic heterocycles. The van der Waals surface area contributed by atoms with Gasteiger partial charge in [0.15, 0.2) is 5.16 Å². The van der Waals surface area contributed by atoms with Crippen molar-refractivity contribution in [1.29, 1.82) is 0 Å². The summed E-state index contributed by atoms with van der Waals surface area (Å²) in [6.45, 7) is 1.35. The van der Waals surface area contributed by atoms with Crippen molar-refractivity contribution >= 4 is 40.1 Å². The summed E-state index contributed by atoms with van der Waals surface area (Å²) in [4.78, 5) is 19.7. The third kappa shape index (κ3) is 4.63. The van der Waals surface area contributed by atoms with Crippen molar-refractivity contribution in [2.45, 2.75) is 24.1 Å². The number of benzene rings is 2. The average Bonchev–Trinajstić information content (AvgIpc) is 3.35. The van der Waals surface area contributed by atoms with Crippen LogP contribution in [0.2, 0.25) is 0 Å². The smallest absolute Gasteiger partial charge is 0.234 e. The van der Waals surface area contributed by atoms with Crippen molar-refractivity contribution in [3.63, 3.8) is 0 Å². The second kappa shape index (κ2) is 8.62. The molecule has 0 bridgehead atoms. The maximum absolute atomic E-state index is 14.3. The highest BCUT2D eigenvalue weighted by Crippen LogP contribution is 2.22. The van der Waals surface area contributed by atoms with Crippen LogP contribution in [-0.2, 0) is 9.53 Å². The van der Waals surface area contributed by atoms with Crippen molar-refractivity contribution in [2.24, 2.45) is 0 Å². The molecule has 1 aliphatic rings. The molecule has 3 aromatic rings. The molecule has 0 unspecified atom stereocenters. The highest BCUT2D eigenvalue weighted by molar-refractivity contribution is 7.99. The first-order chi connectivity index (χ1) is 13.7. The molecular weight excluding hydrogens is 379 g/mol. The summed E-state index contributed by atoms with van der Waals surface area (Å²) in [7, 11) is 0. The van der Waals surface area contributed by atoms with Gasteiger partial charge in [-0.1, -0.05) is 23.9 Å². The number of thioether (sulfide) groups is 1. The number of aromatic nitrogens is 2. The highest BCUT2D eigenvalue weighted by Gasteiger charge is 2.16. The Balaban J connectivity index is 1.29. The van der Waals surface area contributed by atoms with Crippen LogP contribution in [0, 0.1) is 5.82 Å². The Kier molecular flexibility index (Phi) is 5.78. The number of imidazole rings is 1. The predicted octanol–water partition coefficient (Wildman–Crippen LogP) is 4.02. The standard InChI is InChI=1S/C20H21FN4O2S/c21-15-10-13(7-8-16(15)22-11-14-4-3-9-27-14)23-19(26)12-28-20-24-17-5-1-2-6-18(17)25-20/h1-2,5-8,10,14,22H,3-4,9,11-12H2,(H,23,26)(H,24,25)/t14-/m0/s1. The molecule has 28 heavy (non-hydrogen) atoms. The Bertz CT molecular complexity index is 939. The molecular formula is C20H21FN4O2S. The van der Waals surface area contributed by atoms with E-state index in [1.54, 1.807) is 12.1 Å². The van der Waals surface area contributed by atoms with Crippen LogP contribution in [0.1, 0.15) is 12.8 Å². The Morgan fingerprint density at radius 3 is 3.00 bits per heavy atom. The van der Waals surface area contributed by atoms with Crippen LogP contribution < -0.4 is 10.6 Å². The molecule has 0 aliphatic carbocycles. The molecule has 1 fully saturated rings. The van der Waals surface area contributed by atoms with Gasteiger partial charge in [-0.15, -0.1) is 0 Å². The van der Waals surface area contributed by atoms with E-state index >= 15 is 0 Å². The van der Waals surface area contributed by atoms with Gasteiger partial charge in [0, 0.05) is 18.8 Å². The first-order valence-electron chi connectivity index (χ1n) is 9.20. The molecule has 1 aliphatic heterocycles. The van der Waals surface area contributed by atoms with Crippen molar-refractivity contribution in [3.05, 3.63) is 48.3 Å². The summed E-state index contributed by atoms with van der Waals surface area (Å²) in [6.07, 6.45) is 2.17. The highest BCUT2D eigenvalue weighted by atomic mass is 32.2. The summed E-state index contributed by atoms with van der Waals surface area (Å²) in [5, 5.41) is 6.46. The van der Waals surface area contributed by atoms with Gasteiger partial charge >= 0.3 is 0 Å². The van der Waals surface area contributed by atoms with Crippen LogP contribution in [0.5, 0.6) is 0 Å². The fourth-order valence-corrected chi connectivity index (χ4v) is 3.78. The zero-order valence-electron chi connectivity index (χ0n) is 15.2. The van der Waals surface area contributed by atoms with Gasteiger partial charge in [0.2, 0.25) is 5.91 Å². The normalized spacial score (nSPS) is 16.4. The van der Waals surface area contributed by atoms with Gasteiger partial charge in [-0.3, -0.25) is 4.79 Å². The largest absolute Gasteiger partial charge is 0.380 e. The lowest BCUT2D eigenvalue weighted by Crippen LogP contribution is -2.19. The van der Waals surface area contributed by atoms with Crippen molar-refractivity contribution in [2.75, 3.05) is 29.5 Å². The lowest BCUT2D eigenvalue weighted by atomic mass is 10.2.